The Morgan fingerprint density at radius 3 is 2.38 bits per heavy atom. The number of allylic oxidation sites excluding steroid dienone is 1. The van der Waals surface area contributed by atoms with Gasteiger partial charge in [0.05, 0.1) is 25.6 Å². The van der Waals surface area contributed by atoms with Crippen LogP contribution in [0.4, 0.5) is 5.69 Å². The lowest BCUT2D eigenvalue weighted by Crippen LogP contribution is -2.23. The number of rotatable bonds is 9. The summed E-state index contributed by atoms with van der Waals surface area (Å²) in [4.78, 5) is 12.3. The molecule has 2 heterocycles. The summed E-state index contributed by atoms with van der Waals surface area (Å²) in [5.74, 6) is 1.96. The lowest BCUT2D eigenvalue weighted by Gasteiger charge is -2.23. The van der Waals surface area contributed by atoms with Crippen LogP contribution in [-0.4, -0.2) is 48.8 Å². The molecular weight excluding hydrogens is 462 g/mol. The van der Waals surface area contributed by atoms with Crippen LogP contribution in [0.1, 0.15) is 54.8 Å². The first-order valence-corrected chi connectivity index (χ1v) is 12.9. The minimum atomic E-state index is 0.530. The summed E-state index contributed by atoms with van der Waals surface area (Å²) >= 11 is 0. The van der Waals surface area contributed by atoms with E-state index in [0.717, 1.165) is 52.8 Å². The van der Waals surface area contributed by atoms with Crippen LogP contribution in [0.5, 0.6) is 11.5 Å². The SMILES string of the molecule is CCCCN(CC)c1ccc(/C=C2\N=C(n3nc(C)cc3C)N=C2c2cc(OC)ccc2OC)c(C)c1. The highest BCUT2D eigenvalue weighted by Gasteiger charge is 2.24. The Kier molecular flexibility index (Phi) is 8.11. The average molecular weight is 500 g/mol. The number of aliphatic imine (C=N–C) groups is 2. The lowest BCUT2D eigenvalue weighted by atomic mass is 10.0. The molecule has 0 spiro atoms. The van der Waals surface area contributed by atoms with E-state index in [4.69, 9.17) is 19.5 Å². The third-order valence-corrected chi connectivity index (χ3v) is 6.61. The van der Waals surface area contributed by atoms with Crippen molar-refractivity contribution < 1.29 is 9.47 Å². The predicted molar refractivity (Wildman–Crippen MR) is 153 cm³/mol. The highest BCUT2D eigenvalue weighted by atomic mass is 16.5. The van der Waals surface area contributed by atoms with E-state index in [1.54, 1.807) is 18.9 Å². The number of nitrogens with zero attached hydrogens (tertiary/aromatic N) is 5. The molecule has 0 saturated heterocycles. The van der Waals surface area contributed by atoms with Gasteiger partial charge in [-0.3, -0.25) is 0 Å². The normalized spacial score (nSPS) is 14.1. The molecule has 0 saturated carbocycles. The largest absolute Gasteiger partial charge is 0.497 e. The van der Waals surface area contributed by atoms with Crippen LogP contribution in [0, 0.1) is 20.8 Å². The number of hydrogen-bond acceptors (Lipinski definition) is 6. The average Bonchev–Trinajstić information content (AvgIpc) is 3.47. The van der Waals surface area contributed by atoms with Crippen LogP contribution in [-0.2, 0) is 0 Å². The minimum Gasteiger partial charge on any atom is -0.497 e. The van der Waals surface area contributed by atoms with E-state index in [1.807, 2.05) is 38.1 Å². The van der Waals surface area contributed by atoms with Crippen molar-refractivity contribution in [2.75, 3.05) is 32.2 Å². The van der Waals surface area contributed by atoms with Gasteiger partial charge in [0.1, 0.15) is 17.2 Å². The fourth-order valence-corrected chi connectivity index (χ4v) is 4.55. The molecule has 7 nitrogen and oxygen atoms in total. The summed E-state index contributed by atoms with van der Waals surface area (Å²) in [5.41, 5.74) is 7.72. The highest BCUT2D eigenvalue weighted by molar-refractivity contribution is 6.24. The summed E-state index contributed by atoms with van der Waals surface area (Å²) in [6.07, 6.45) is 4.47. The Morgan fingerprint density at radius 2 is 1.76 bits per heavy atom. The van der Waals surface area contributed by atoms with Crippen molar-refractivity contribution in [1.29, 1.82) is 0 Å². The Labute approximate surface area is 220 Å². The second kappa shape index (κ2) is 11.5. The van der Waals surface area contributed by atoms with Gasteiger partial charge in [-0.15, -0.1) is 0 Å². The van der Waals surface area contributed by atoms with Gasteiger partial charge in [-0.25, -0.2) is 14.7 Å². The molecule has 194 valence electrons. The Balaban J connectivity index is 1.81. The molecule has 7 heteroatoms. The van der Waals surface area contributed by atoms with Gasteiger partial charge in [0, 0.05) is 30.0 Å². The van der Waals surface area contributed by atoms with Gasteiger partial charge in [-0.05, 0) is 87.7 Å². The molecule has 0 unspecified atom stereocenters. The maximum absolute atomic E-state index is 5.69. The first-order valence-electron chi connectivity index (χ1n) is 12.9. The maximum atomic E-state index is 5.69. The molecule has 0 bridgehead atoms. The molecule has 3 aromatic rings. The summed E-state index contributed by atoms with van der Waals surface area (Å²) < 4.78 is 13.0. The first kappa shape index (κ1) is 26.2. The zero-order valence-corrected chi connectivity index (χ0v) is 23.0. The molecule has 0 atom stereocenters. The smallest absolute Gasteiger partial charge is 0.252 e. The zero-order valence-electron chi connectivity index (χ0n) is 23.0. The van der Waals surface area contributed by atoms with Gasteiger partial charge < -0.3 is 14.4 Å². The molecule has 1 aliphatic heterocycles. The van der Waals surface area contributed by atoms with Gasteiger partial charge in [-0.1, -0.05) is 19.4 Å². The molecule has 4 rings (SSSR count). The fraction of sp³-hybridized carbons (Fsp3) is 0.367. The van der Waals surface area contributed by atoms with Crippen LogP contribution < -0.4 is 14.4 Å². The van der Waals surface area contributed by atoms with Crippen LogP contribution in [0.3, 0.4) is 0 Å². The predicted octanol–water partition coefficient (Wildman–Crippen LogP) is 6.20. The maximum Gasteiger partial charge on any atom is 0.252 e. The second-order valence-electron chi connectivity index (χ2n) is 9.28. The van der Waals surface area contributed by atoms with Crippen LogP contribution in [0.25, 0.3) is 6.08 Å². The molecular formula is C30H37N5O2. The molecule has 0 fully saturated rings. The van der Waals surface area contributed by atoms with Crippen molar-refractivity contribution in [1.82, 2.24) is 9.78 Å². The number of hydrogen-bond donors (Lipinski definition) is 0. The first-order chi connectivity index (χ1) is 17.9. The van der Waals surface area contributed by atoms with Gasteiger partial charge in [-0.2, -0.15) is 5.10 Å². The minimum absolute atomic E-state index is 0.530. The quantitative estimate of drug-likeness (QED) is 0.352. The second-order valence-corrected chi connectivity index (χ2v) is 9.28. The zero-order chi connectivity index (χ0) is 26.5. The molecule has 1 aromatic heterocycles. The van der Waals surface area contributed by atoms with E-state index < -0.39 is 0 Å². The molecule has 0 radical (unpaired) electrons. The Bertz CT molecular complexity index is 1370. The van der Waals surface area contributed by atoms with E-state index in [9.17, 15) is 0 Å². The number of aryl methyl sites for hydroxylation is 3. The van der Waals surface area contributed by atoms with Gasteiger partial charge in [0.25, 0.3) is 5.96 Å². The summed E-state index contributed by atoms with van der Waals surface area (Å²) in [5, 5.41) is 4.61. The van der Waals surface area contributed by atoms with Crippen molar-refractivity contribution in [2.24, 2.45) is 9.98 Å². The number of benzene rings is 2. The van der Waals surface area contributed by atoms with Crippen LogP contribution in [0.15, 0.2) is 58.1 Å². The molecule has 1 aliphatic rings. The van der Waals surface area contributed by atoms with E-state index >= 15 is 0 Å². The van der Waals surface area contributed by atoms with E-state index in [-0.39, 0.29) is 0 Å². The van der Waals surface area contributed by atoms with Crippen molar-refractivity contribution in [3.63, 3.8) is 0 Å². The third-order valence-electron chi connectivity index (χ3n) is 6.61. The number of aromatic nitrogens is 2. The van der Waals surface area contributed by atoms with Crippen LogP contribution >= 0.6 is 0 Å². The van der Waals surface area contributed by atoms with E-state index in [2.05, 4.69) is 55.0 Å². The molecule has 2 aromatic carbocycles. The summed E-state index contributed by atoms with van der Waals surface area (Å²) in [7, 11) is 3.31. The van der Waals surface area contributed by atoms with Crippen LogP contribution in [0.2, 0.25) is 0 Å². The van der Waals surface area contributed by atoms with Gasteiger partial charge >= 0.3 is 0 Å². The number of methoxy groups -OCH3 is 2. The Hall–Kier alpha value is -3.87. The standard InChI is InChI=1S/C30H37N5O2/c1-8-10-15-34(9-2)24-12-11-23(20(3)16-24)18-27-29(26-19-25(36-6)13-14-28(26)37-7)32-30(31-27)35-22(5)17-21(4)33-35/h11-14,16-19H,8-10,15H2,1-7H3/b27-18-. The van der Waals surface area contributed by atoms with Crippen molar-refractivity contribution in [2.45, 2.75) is 47.5 Å². The fourth-order valence-electron chi connectivity index (χ4n) is 4.55. The van der Waals surface area contributed by atoms with Gasteiger partial charge in [0.2, 0.25) is 0 Å². The molecule has 0 aliphatic carbocycles. The highest BCUT2D eigenvalue weighted by Crippen LogP contribution is 2.31. The van der Waals surface area contributed by atoms with E-state index in [0.29, 0.717) is 11.7 Å². The number of ether oxygens (including phenoxy) is 2. The summed E-state index contributed by atoms with van der Waals surface area (Å²) in [6.45, 7) is 12.6. The van der Waals surface area contributed by atoms with Crippen molar-refractivity contribution >= 4 is 23.4 Å². The topological polar surface area (TPSA) is 64.2 Å². The Morgan fingerprint density at radius 1 is 0.946 bits per heavy atom. The van der Waals surface area contributed by atoms with Crippen molar-refractivity contribution in [3.05, 3.63) is 76.2 Å². The molecule has 0 N–H and O–H groups in total. The van der Waals surface area contributed by atoms with Gasteiger partial charge in [0.15, 0.2) is 0 Å². The molecule has 37 heavy (non-hydrogen) atoms. The monoisotopic (exact) mass is 499 g/mol. The van der Waals surface area contributed by atoms with E-state index in [1.165, 1.54) is 24.1 Å². The lowest BCUT2D eigenvalue weighted by molar-refractivity contribution is 0.402. The van der Waals surface area contributed by atoms with Crippen molar-refractivity contribution in [3.8, 4) is 11.5 Å². The third kappa shape index (κ3) is 5.61. The number of anilines is 1. The summed E-state index contributed by atoms with van der Waals surface area (Å²) in [6, 6.07) is 14.4. The molecule has 0 amide bonds. The number of unbranched alkanes of at least 4 members (excludes halogenated alkanes) is 1.